The molecule has 0 amide bonds. The van der Waals surface area contributed by atoms with E-state index in [9.17, 15) is 18.0 Å². The summed E-state index contributed by atoms with van der Waals surface area (Å²) in [5, 5.41) is 0.249. The number of nitrogens with zero attached hydrogens (tertiary/aromatic N) is 1. The van der Waals surface area contributed by atoms with Gasteiger partial charge in [-0.25, -0.2) is 0 Å². The van der Waals surface area contributed by atoms with Crippen molar-refractivity contribution < 1.29 is 22.7 Å². The number of aromatic nitrogens is 1. The monoisotopic (exact) mass is 315 g/mol. The molecule has 0 saturated carbocycles. The van der Waals surface area contributed by atoms with Crippen molar-refractivity contribution in [1.82, 2.24) is 4.98 Å². The van der Waals surface area contributed by atoms with E-state index in [2.05, 4.69) is 4.98 Å². The van der Waals surface area contributed by atoms with Crippen LogP contribution < -0.4 is 4.74 Å². The Balaban J connectivity index is 2.49. The number of aldehydes is 1. The highest BCUT2D eigenvalue weighted by atomic mass is 35.5. The molecule has 0 aliphatic carbocycles. The smallest absolute Gasteiger partial charge is 0.433 e. The third-order valence-corrected chi connectivity index (χ3v) is 3.12. The molecule has 1 aromatic heterocycles. The fraction of sp³-hybridized carbons (Fsp3) is 0.143. The van der Waals surface area contributed by atoms with E-state index in [0.717, 1.165) is 12.3 Å². The van der Waals surface area contributed by atoms with Crippen LogP contribution in [0, 0.1) is 0 Å². The lowest BCUT2D eigenvalue weighted by molar-refractivity contribution is -0.141. The highest BCUT2D eigenvalue weighted by molar-refractivity contribution is 6.33. The molecule has 0 saturated heterocycles. The molecule has 2 aromatic rings. The van der Waals surface area contributed by atoms with Crippen LogP contribution in [0.2, 0.25) is 5.02 Å². The Hall–Kier alpha value is -2.08. The zero-order valence-corrected chi connectivity index (χ0v) is 11.5. The molecule has 3 nitrogen and oxygen atoms in total. The number of carbonyl (C=O) groups excluding carboxylic acids is 1. The van der Waals surface area contributed by atoms with Crippen LogP contribution in [-0.2, 0) is 6.18 Å². The summed E-state index contributed by atoms with van der Waals surface area (Å²) in [4.78, 5) is 14.3. The van der Waals surface area contributed by atoms with E-state index in [1.165, 1.54) is 25.3 Å². The Labute approximate surface area is 123 Å². The number of methoxy groups -OCH3 is 1. The second kappa shape index (κ2) is 5.73. The zero-order chi connectivity index (χ0) is 15.6. The van der Waals surface area contributed by atoms with Crippen LogP contribution in [0.4, 0.5) is 13.2 Å². The molecule has 0 fully saturated rings. The van der Waals surface area contributed by atoms with Crippen LogP contribution in [-0.4, -0.2) is 18.4 Å². The van der Waals surface area contributed by atoms with Gasteiger partial charge in [0.2, 0.25) is 0 Å². The van der Waals surface area contributed by atoms with Crippen LogP contribution in [0.3, 0.4) is 0 Å². The normalized spacial score (nSPS) is 11.3. The molecule has 0 atom stereocenters. The molecular formula is C14H9ClF3NO2. The minimum atomic E-state index is -4.50. The van der Waals surface area contributed by atoms with Crippen molar-refractivity contribution in [3.63, 3.8) is 0 Å². The van der Waals surface area contributed by atoms with Gasteiger partial charge in [-0.05, 0) is 12.1 Å². The van der Waals surface area contributed by atoms with Crippen molar-refractivity contribution in [2.24, 2.45) is 0 Å². The van der Waals surface area contributed by atoms with E-state index in [1.54, 1.807) is 0 Å². The van der Waals surface area contributed by atoms with E-state index in [0.29, 0.717) is 23.2 Å². The number of ether oxygens (including phenoxy) is 1. The second-order valence-corrected chi connectivity index (χ2v) is 4.53. The Morgan fingerprint density at radius 1 is 1.29 bits per heavy atom. The average molecular weight is 316 g/mol. The summed E-state index contributed by atoms with van der Waals surface area (Å²) < 4.78 is 42.4. The summed E-state index contributed by atoms with van der Waals surface area (Å²) in [7, 11) is 1.39. The Morgan fingerprint density at radius 2 is 2.00 bits per heavy atom. The topological polar surface area (TPSA) is 39.2 Å². The molecule has 1 heterocycles. The van der Waals surface area contributed by atoms with Gasteiger partial charge in [0.1, 0.15) is 11.4 Å². The predicted octanol–water partition coefficient (Wildman–Crippen LogP) is 4.24. The van der Waals surface area contributed by atoms with Crippen molar-refractivity contribution in [3.05, 3.63) is 46.7 Å². The maximum absolute atomic E-state index is 12.5. The lowest BCUT2D eigenvalue weighted by Crippen LogP contribution is -2.07. The van der Waals surface area contributed by atoms with E-state index in [-0.39, 0.29) is 10.6 Å². The standard InChI is InChI=1S/C14H9ClF3NO2/c1-21-12-5-11(15)10(4-9(12)7-20)8-2-3-13(19-6-8)14(16,17)18/h2-7H,1H3. The minimum absolute atomic E-state index is 0.247. The number of hydrogen-bond donors (Lipinski definition) is 0. The van der Waals surface area contributed by atoms with Crippen LogP contribution >= 0.6 is 11.6 Å². The average Bonchev–Trinajstić information content (AvgIpc) is 2.46. The van der Waals surface area contributed by atoms with Crippen molar-refractivity contribution in [3.8, 4) is 16.9 Å². The zero-order valence-electron chi connectivity index (χ0n) is 10.7. The molecular weight excluding hydrogens is 307 g/mol. The van der Waals surface area contributed by atoms with Gasteiger partial charge in [0.15, 0.2) is 6.29 Å². The van der Waals surface area contributed by atoms with Crippen LogP contribution in [0.1, 0.15) is 16.1 Å². The summed E-state index contributed by atoms with van der Waals surface area (Å²) in [6.45, 7) is 0. The fourth-order valence-electron chi connectivity index (χ4n) is 1.78. The maximum Gasteiger partial charge on any atom is 0.433 e. The molecule has 0 spiro atoms. The van der Waals surface area contributed by atoms with E-state index >= 15 is 0 Å². The number of alkyl halides is 3. The molecule has 7 heteroatoms. The quantitative estimate of drug-likeness (QED) is 0.795. The van der Waals surface area contributed by atoms with Gasteiger partial charge in [-0.3, -0.25) is 9.78 Å². The molecule has 0 aliphatic heterocycles. The van der Waals surface area contributed by atoms with Crippen LogP contribution in [0.15, 0.2) is 30.5 Å². The van der Waals surface area contributed by atoms with Crippen LogP contribution in [0.5, 0.6) is 5.75 Å². The first kappa shape index (κ1) is 15.3. The number of halogens is 4. The van der Waals surface area contributed by atoms with Crippen molar-refractivity contribution in [2.75, 3.05) is 7.11 Å². The molecule has 0 radical (unpaired) electrons. The Morgan fingerprint density at radius 3 is 2.48 bits per heavy atom. The van der Waals surface area contributed by atoms with Gasteiger partial charge in [0.05, 0.1) is 17.7 Å². The highest BCUT2D eigenvalue weighted by Crippen LogP contribution is 2.34. The first-order chi connectivity index (χ1) is 9.86. The van der Waals surface area contributed by atoms with E-state index in [1.807, 2.05) is 0 Å². The van der Waals surface area contributed by atoms with Crippen molar-refractivity contribution in [2.45, 2.75) is 6.18 Å². The third-order valence-electron chi connectivity index (χ3n) is 2.81. The molecule has 0 unspecified atom stereocenters. The predicted molar refractivity (Wildman–Crippen MR) is 71.6 cm³/mol. The lowest BCUT2D eigenvalue weighted by atomic mass is 10.0. The van der Waals surface area contributed by atoms with Crippen molar-refractivity contribution in [1.29, 1.82) is 0 Å². The Bertz CT molecular complexity index is 669. The third kappa shape index (κ3) is 3.16. The highest BCUT2D eigenvalue weighted by Gasteiger charge is 2.32. The summed E-state index contributed by atoms with van der Waals surface area (Å²) in [6.07, 6.45) is -2.86. The molecule has 1 aromatic carbocycles. The minimum Gasteiger partial charge on any atom is -0.496 e. The lowest BCUT2D eigenvalue weighted by Gasteiger charge is -2.10. The molecule has 0 bridgehead atoms. The molecule has 21 heavy (non-hydrogen) atoms. The fourth-order valence-corrected chi connectivity index (χ4v) is 2.05. The number of benzene rings is 1. The number of pyridine rings is 1. The number of carbonyl (C=O) groups is 1. The van der Waals surface area contributed by atoms with Gasteiger partial charge in [-0.1, -0.05) is 17.7 Å². The first-order valence-corrected chi connectivity index (χ1v) is 6.11. The first-order valence-electron chi connectivity index (χ1n) is 5.73. The van der Waals surface area contributed by atoms with Gasteiger partial charge in [0.25, 0.3) is 0 Å². The summed E-state index contributed by atoms with van der Waals surface area (Å²) in [6, 6.07) is 4.98. The van der Waals surface area contributed by atoms with Gasteiger partial charge < -0.3 is 4.74 Å². The van der Waals surface area contributed by atoms with Crippen LogP contribution in [0.25, 0.3) is 11.1 Å². The van der Waals surface area contributed by atoms with Crippen molar-refractivity contribution >= 4 is 17.9 Å². The summed E-state index contributed by atoms with van der Waals surface area (Å²) >= 11 is 6.06. The molecule has 0 aliphatic rings. The summed E-state index contributed by atoms with van der Waals surface area (Å²) in [5.41, 5.74) is 0.0304. The number of hydrogen-bond acceptors (Lipinski definition) is 3. The SMILES string of the molecule is COc1cc(Cl)c(-c2ccc(C(F)(F)F)nc2)cc1C=O. The Kier molecular flexibility index (Phi) is 4.18. The molecule has 110 valence electrons. The van der Waals surface area contributed by atoms with Gasteiger partial charge in [0, 0.05) is 23.4 Å². The summed E-state index contributed by atoms with van der Waals surface area (Å²) in [5.74, 6) is 0.290. The van der Waals surface area contributed by atoms with Gasteiger partial charge in [-0.15, -0.1) is 0 Å². The van der Waals surface area contributed by atoms with E-state index < -0.39 is 11.9 Å². The number of rotatable bonds is 3. The second-order valence-electron chi connectivity index (χ2n) is 4.12. The van der Waals surface area contributed by atoms with Gasteiger partial charge >= 0.3 is 6.18 Å². The van der Waals surface area contributed by atoms with E-state index in [4.69, 9.17) is 16.3 Å². The largest absolute Gasteiger partial charge is 0.496 e. The maximum atomic E-state index is 12.5. The van der Waals surface area contributed by atoms with Gasteiger partial charge in [-0.2, -0.15) is 13.2 Å². The molecule has 2 rings (SSSR count). The molecule has 0 N–H and O–H groups in total.